The van der Waals surface area contributed by atoms with Crippen LogP contribution in [0.15, 0.2) is 0 Å². The second-order valence-corrected chi connectivity index (χ2v) is 10.9. The maximum atomic E-state index is 11.0. The molecular formula is C16H35OPS. The van der Waals surface area contributed by atoms with E-state index in [1.54, 1.807) is 0 Å². The summed E-state index contributed by atoms with van der Waals surface area (Å²) in [5.41, 5.74) is 0. The molecule has 0 aromatic carbocycles. The van der Waals surface area contributed by atoms with Crippen LogP contribution in [-0.2, 0) is 11.8 Å². The van der Waals surface area contributed by atoms with E-state index in [1.165, 1.54) is 32.1 Å². The maximum absolute atomic E-state index is 11.0. The molecule has 0 fully saturated rings. The zero-order valence-electron chi connectivity index (χ0n) is 13.7. The van der Waals surface area contributed by atoms with Gasteiger partial charge in [-0.25, -0.2) is 0 Å². The lowest BCUT2D eigenvalue weighted by atomic mass is 10.0. The summed E-state index contributed by atoms with van der Waals surface area (Å²) in [6, 6.07) is 0. The van der Waals surface area contributed by atoms with Crippen molar-refractivity contribution in [1.29, 1.82) is 0 Å². The first-order chi connectivity index (χ1) is 8.86. The van der Waals surface area contributed by atoms with Gasteiger partial charge in [-0.2, -0.15) is 0 Å². The van der Waals surface area contributed by atoms with Crippen molar-refractivity contribution in [2.45, 2.75) is 91.1 Å². The Bertz CT molecular complexity index is 280. The van der Waals surface area contributed by atoms with E-state index in [4.69, 9.17) is 11.8 Å². The lowest BCUT2D eigenvalue weighted by Crippen LogP contribution is -2.27. The Balaban J connectivity index is 4.74. The average molecular weight is 306 g/mol. The van der Waals surface area contributed by atoms with E-state index in [-0.39, 0.29) is 5.16 Å². The van der Waals surface area contributed by atoms with Gasteiger partial charge in [-0.05, 0) is 18.8 Å². The van der Waals surface area contributed by atoms with Crippen LogP contribution in [0.3, 0.4) is 0 Å². The van der Waals surface area contributed by atoms with Crippen LogP contribution in [-0.4, -0.2) is 16.2 Å². The molecule has 0 aliphatic carbocycles. The summed E-state index contributed by atoms with van der Waals surface area (Å²) in [5.74, 6) is 0.628. The Morgan fingerprint density at radius 2 is 1.68 bits per heavy atom. The summed E-state index contributed by atoms with van der Waals surface area (Å²) < 4.78 is 0. The fraction of sp³-hybridized carbons (Fsp3) is 1.00. The lowest BCUT2D eigenvalue weighted by Gasteiger charge is -2.38. The second-order valence-electron chi connectivity index (χ2n) is 6.25. The summed E-state index contributed by atoms with van der Waals surface area (Å²) in [6.45, 7) is 11.1. The molecule has 19 heavy (non-hydrogen) atoms. The van der Waals surface area contributed by atoms with Crippen molar-refractivity contribution in [2.75, 3.05) is 6.16 Å². The molecule has 1 N–H and O–H groups in total. The minimum atomic E-state index is -2.22. The van der Waals surface area contributed by atoms with E-state index in [0.29, 0.717) is 5.92 Å². The van der Waals surface area contributed by atoms with E-state index in [9.17, 15) is 4.89 Å². The minimum Gasteiger partial charge on any atom is -0.365 e. The third kappa shape index (κ3) is 6.27. The highest BCUT2D eigenvalue weighted by molar-refractivity contribution is 8.12. The molecule has 0 heterocycles. The van der Waals surface area contributed by atoms with Gasteiger partial charge in [0.1, 0.15) is 0 Å². The summed E-state index contributed by atoms with van der Waals surface area (Å²) in [6.07, 6.45) is 8.07. The van der Waals surface area contributed by atoms with Crippen molar-refractivity contribution < 1.29 is 4.89 Å². The first-order valence-electron chi connectivity index (χ1n) is 8.18. The Kier molecular flexibility index (Phi) is 9.83. The third-order valence-electron chi connectivity index (χ3n) is 4.72. The summed E-state index contributed by atoms with van der Waals surface area (Å²) >= 11 is 5.75. The highest BCUT2D eigenvalue weighted by Crippen LogP contribution is 2.60. The molecule has 116 valence electrons. The number of unbranched alkanes of at least 4 members (excludes halogenated alkanes) is 2. The first-order valence-corrected chi connectivity index (χ1v) is 11.1. The van der Waals surface area contributed by atoms with E-state index < -0.39 is 6.26 Å². The molecule has 0 saturated carbocycles. The fourth-order valence-electron chi connectivity index (χ4n) is 2.64. The van der Waals surface area contributed by atoms with Gasteiger partial charge in [-0.15, -0.1) is 0 Å². The highest BCUT2D eigenvalue weighted by atomic mass is 32.4. The van der Waals surface area contributed by atoms with Crippen LogP contribution in [0, 0.1) is 5.92 Å². The van der Waals surface area contributed by atoms with Crippen molar-refractivity contribution in [3.63, 3.8) is 0 Å². The third-order valence-corrected chi connectivity index (χ3v) is 9.73. The predicted octanol–water partition coefficient (Wildman–Crippen LogP) is 5.95. The van der Waals surface area contributed by atoms with E-state index in [0.717, 1.165) is 25.4 Å². The standard InChI is InChI=1S/C16H35OPS/c1-6-10-12-15(8-3)14-18(17,19)16(5,9-4)13-11-7-2/h15H,6-14H2,1-5H3,(H,17,19). The maximum Gasteiger partial charge on any atom is 0.0694 e. The predicted molar refractivity (Wildman–Crippen MR) is 92.9 cm³/mol. The molecular weight excluding hydrogens is 271 g/mol. The molecule has 3 atom stereocenters. The molecule has 0 saturated heterocycles. The summed E-state index contributed by atoms with van der Waals surface area (Å²) in [7, 11) is 0. The van der Waals surface area contributed by atoms with Gasteiger partial charge in [0.15, 0.2) is 0 Å². The van der Waals surface area contributed by atoms with Gasteiger partial charge in [0.25, 0.3) is 0 Å². The SMILES string of the molecule is CCCCC(CC)CP(O)(=S)C(C)(CC)CCCC. The average Bonchev–Trinajstić information content (AvgIpc) is 2.40. The molecule has 0 aromatic heterocycles. The van der Waals surface area contributed by atoms with Crippen molar-refractivity contribution in [1.82, 2.24) is 0 Å². The monoisotopic (exact) mass is 306 g/mol. The summed E-state index contributed by atoms with van der Waals surface area (Å²) in [5, 5.41) is -0.00201. The molecule has 0 amide bonds. The number of hydrogen-bond donors (Lipinski definition) is 1. The quantitative estimate of drug-likeness (QED) is 0.476. The molecule has 0 spiro atoms. The molecule has 0 bridgehead atoms. The summed E-state index contributed by atoms with van der Waals surface area (Å²) in [4.78, 5) is 11.0. The van der Waals surface area contributed by atoms with Crippen molar-refractivity contribution in [3.8, 4) is 0 Å². The topological polar surface area (TPSA) is 20.2 Å². The van der Waals surface area contributed by atoms with Gasteiger partial charge in [-0.3, -0.25) is 0 Å². The van der Waals surface area contributed by atoms with Crippen molar-refractivity contribution in [2.24, 2.45) is 5.92 Å². The first kappa shape index (κ1) is 19.6. The molecule has 3 heteroatoms. The van der Waals surface area contributed by atoms with E-state index in [2.05, 4.69) is 34.6 Å². The highest BCUT2D eigenvalue weighted by Gasteiger charge is 2.37. The molecule has 0 radical (unpaired) electrons. The molecule has 3 unspecified atom stereocenters. The Hall–Kier alpha value is 0.610. The Morgan fingerprint density at radius 3 is 2.11 bits per heavy atom. The largest absolute Gasteiger partial charge is 0.365 e. The van der Waals surface area contributed by atoms with E-state index >= 15 is 0 Å². The van der Waals surface area contributed by atoms with Gasteiger partial charge >= 0.3 is 0 Å². The van der Waals surface area contributed by atoms with Gasteiger partial charge < -0.3 is 4.89 Å². The van der Waals surface area contributed by atoms with Crippen LogP contribution < -0.4 is 0 Å². The zero-order chi connectivity index (χ0) is 14.9. The molecule has 0 aromatic rings. The lowest BCUT2D eigenvalue weighted by molar-refractivity contribution is 0.444. The van der Waals surface area contributed by atoms with Gasteiger partial charge in [-0.1, -0.05) is 85.0 Å². The molecule has 1 nitrogen and oxygen atoms in total. The van der Waals surface area contributed by atoms with Gasteiger partial charge in [0, 0.05) is 11.3 Å². The van der Waals surface area contributed by atoms with Crippen LogP contribution in [0.25, 0.3) is 0 Å². The van der Waals surface area contributed by atoms with Crippen molar-refractivity contribution >= 4 is 18.1 Å². The van der Waals surface area contributed by atoms with E-state index in [1.807, 2.05) is 0 Å². The normalized spacial score (nSPS) is 19.7. The van der Waals surface area contributed by atoms with Crippen LogP contribution in [0.4, 0.5) is 0 Å². The van der Waals surface area contributed by atoms with Gasteiger partial charge in [0.05, 0.1) is 6.26 Å². The fourth-order valence-corrected chi connectivity index (χ4v) is 6.52. The number of hydrogen-bond acceptors (Lipinski definition) is 1. The Morgan fingerprint density at radius 1 is 1.11 bits per heavy atom. The van der Waals surface area contributed by atoms with Crippen LogP contribution in [0.1, 0.15) is 86.0 Å². The number of rotatable bonds is 11. The zero-order valence-corrected chi connectivity index (χ0v) is 15.5. The van der Waals surface area contributed by atoms with Crippen LogP contribution >= 0.6 is 6.26 Å². The molecule has 0 rings (SSSR count). The van der Waals surface area contributed by atoms with Gasteiger partial charge in [0.2, 0.25) is 0 Å². The molecule has 0 aliphatic heterocycles. The smallest absolute Gasteiger partial charge is 0.0694 e. The minimum absolute atomic E-state index is 0.00201. The molecule has 0 aliphatic rings. The Labute approximate surface area is 126 Å². The van der Waals surface area contributed by atoms with Crippen LogP contribution in [0.2, 0.25) is 0 Å². The van der Waals surface area contributed by atoms with Crippen LogP contribution in [0.5, 0.6) is 0 Å². The van der Waals surface area contributed by atoms with Crippen molar-refractivity contribution in [3.05, 3.63) is 0 Å². The second kappa shape index (κ2) is 9.53.